The number of aromatic nitrogens is 3. The van der Waals surface area contributed by atoms with Gasteiger partial charge < -0.3 is 10.4 Å². The standard InChI is InChI=1S/C15H18N4O3/c1-9-5-4-6-12(7-9)19-11(3)14(17-18-19)15(22)16-10(2)8-13(20)21/h4-7,10H,8H2,1-3H3,(H,16,22)(H,20,21). The van der Waals surface area contributed by atoms with Gasteiger partial charge in [0, 0.05) is 6.04 Å². The largest absolute Gasteiger partial charge is 0.481 e. The summed E-state index contributed by atoms with van der Waals surface area (Å²) in [6.07, 6.45) is -0.142. The monoisotopic (exact) mass is 302 g/mol. The van der Waals surface area contributed by atoms with Gasteiger partial charge in [0.25, 0.3) is 5.91 Å². The zero-order valence-corrected chi connectivity index (χ0v) is 12.7. The maximum absolute atomic E-state index is 12.1. The summed E-state index contributed by atoms with van der Waals surface area (Å²) in [4.78, 5) is 22.8. The van der Waals surface area contributed by atoms with Crippen LogP contribution in [0.2, 0.25) is 0 Å². The van der Waals surface area contributed by atoms with Crippen molar-refractivity contribution in [3.05, 3.63) is 41.2 Å². The Labute approximate surface area is 128 Å². The highest BCUT2D eigenvalue weighted by atomic mass is 16.4. The lowest BCUT2D eigenvalue weighted by Gasteiger charge is -2.10. The number of carboxylic acid groups (broad SMARTS) is 1. The van der Waals surface area contributed by atoms with E-state index in [2.05, 4.69) is 15.6 Å². The van der Waals surface area contributed by atoms with Crippen LogP contribution in [0.25, 0.3) is 5.69 Å². The first-order chi connectivity index (χ1) is 10.4. The van der Waals surface area contributed by atoms with Gasteiger partial charge in [-0.25, -0.2) is 4.68 Å². The van der Waals surface area contributed by atoms with Gasteiger partial charge in [0.05, 0.1) is 17.8 Å². The van der Waals surface area contributed by atoms with Crippen LogP contribution in [0.1, 0.15) is 35.1 Å². The van der Waals surface area contributed by atoms with Crippen molar-refractivity contribution in [3.63, 3.8) is 0 Å². The van der Waals surface area contributed by atoms with E-state index in [-0.39, 0.29) is 12.1 Å². The minimum atomic E-state index is -0.965. The van der Waals surface area contributed by atoms with Gasteiger partial charge in [-0.15, -0.1) is 5.10 Å². The Bertz CT molecular complexity index is 709. The molecule has 116 valence electrons. The van der Waals surface area contributed by atoms with Gasteiger partial charge in [0.1, 0.15) is 0 Å². The molecule has 0 saturated heterocycles. The highest BCUT2D eigenvalue weighted by molar-refractivity contribution is 5.93. The average Bonchev–Trinajstić information content (AvgIpc) is 2.79. The van der Waals surface area contributed by atoms with Gasteiger partial charge in [0.2, 0.25) is 0 Å². The predicted molar refractivity (Wildman–Crippen MR) is 80.0 cm³/mol. The molecule has 0 bridgehead atoms. The number of nitrogens with zero attached hydrogens (tertiary/aromatic N) is 3. The van der Waals surface area contributed by atoms with E-state index in [1.807, 2.05) is 31.2 Å². The molecule has 0 saturated carbocycles. The fourth-order valence-electron chi connectivity index (χ4n) is 2.15. The lowest BCUT2D eigenvalue weighted by Crippen LogP contribution is -2.34. The molecule has 1 heterocycles. The maximum Gasteiger partial charge on any atom is 0.305 e. The van der Waals surface area contributed by atoms with E-state index in [0.717, 1.165) is 11.3 Å². The molecule has 0 radical (unpaired) electrons. The molecular formula is C15H18N4O3. The van der Waals surface area contributed by atoms with Gasteiger partial charge >= 0.3 is 5.97 Å². The zero-order valence-electron chi connectivity index (χ0n) is 12.7. The van der Waals surface area contributed by atoms with E-state index in [4.69, 9.17) is 5.11 Å². The number of amides is 1. The van der Waals surface area contributed by atoms with Crippen LogP contribution in [0.15, 0.2) is 24.3 Å². The van der Waals surface area contributed by atoms with E-state index in [1.54, 1.807) is 18.5 Å². The molecule has 0 spiro atoms. The SMILES string of the molecule is Cc1cccc(-n2nnc(C(=O)NC(C)CC(=O)O)c2C)c1. The van der Waals surface area contributed by atoms with Crippen molar-refractivity contribution in [2.75, 3.05) is 0 Å². The number of hydrogen-bond donors (Lipinski definition) is 2. The van der Waals surface area contributed by atoms with E-state index < -0.39 is 17.9 Å². The number of carbonyl (C=O) groups excluding carboxylic acids is 1. The molecule has 7 heteroatoms. The number of hydrogen-bond acceptors (Lipinski definition) is 4. The minimum Gasteiger partial charge on any atom is -0.481 e. The summed E-state index contributed by atoms with van der Waals surface area (Å²) in [6, 6.07) is 7.21. The first-order valence-electron chi connectivity index (χ1n) is 6.90. The second-order valence-corrected chi connectivity index (χ2v) is 5.25. The first-order valence-corrected chi connectivity index (χ1v) is 6.90. The third-order valence-electron chi connectivity index (χ3n) is 3.21. The second-order valence-electron chi connectivity index (χ2n) is 5.25. The van der Waals surface area contributed by atoms with Crippen molar-refractivity contribution in [2.24, 2.45) is 0 Å². The minimum absolute atomic E-state index is 0.142. The van der Waals surface area contributed by atoms with Crippen LogP contribution in [0.3, 0.4) is 0 Å². The third kappa shape index (κ3) is 3.49. The highest BCUT2D eigenvalue weighted by Gasteiger charge is 2.19. The molecule has 2 rings (SSSR count). The van der Waals surface area contributed by atoms with Gasteiger partial charge in [-0.05, 0) is 38.5 Å². The molecule has 0 aliphatic heterocycles. The van der Waals surface area contributed by atoms with Crippen LogP contribution >= 0.6 is 0 Å². The topological polar surface area (TPSA) is 97.1 Å². The Morgan fingerprint density at radius 3 is 2.73 bits per heavy atom. The number of carbonyl (C=O) groups is 2. The van der Waals surface area contributed by atoms with Crippen LogP contribution in [-0.2, 0) is 4.79 Å². The van der Waals surface area contributed by atoms with Gasteiger partial charge in [0.15, 0.2) is 5.69 Å². The van der Waals surface area contributed by atoms with Gasteiger partial charge in [-0.2, -0.15) is 0 Å². The molecule has 1 unspecified atom stereocenters. The van der Waals surface area contributed by atoms with E-state index in [1.165, 1.54) is 0 Å². The Morgan fingerprint density at radius 2 is 2.09 bits per heavy atom. The molecule has 0 fully saturated rings. The van der Waals surface area contributed by atoms with Gasteiger partial charge in [-0.3, -0.25) is 9.59 Å². The van der Waals surface area contributed by atoms with Crippen LogP contribution < -0.4 is 5.32 Å². The summed E-state index contributed by atoms with van der Waals surface area (Å²) < 4.78 is 1.59. The maximum atomic E-state index is 12.1. The van der Waals surface area contributed by atoms with Crippen molar-refractivity contribution in [1.29, 1.82) is 0 Å². The van der Waals surface area contributed by atoms with E-state index in [9.17, 15) is 9.59 Å². The van der Waals surface area contributed by atoms with E-state index in [0.29, 0.717) is 5.69 Å². The van der Waals surface area contributed by atoms with Crippen LogP contribution in [-0.4, -0.2) is 38.0 Å². The molecule has 1 atom stereocenters. The predicted octanol–water partition coefficient (Wildman–Crippen LogP) is 1.48. The number of aliphatic carboxylic acids is 1. The van der Waals surface area contributed by atoms with E-state index >= 15 is 0 Å². The molecule has 2 aromatic rings. The summed E-state index contributed by atoms with van der Waals surface area (Å²) in [7, 11) is 0. The number of aryl methyl sites for hydroxylation is 1. The number of nitrogens with one attached hydrogen (secondary N) is 1. The number of rotatable bonds is 5. The van der Waals surface area contributed by atoms with Crippen molar-refractivity contribution in [2.45, 2.75) is 33.2 Å². The molecule has 1 aromatic carbocycles. The average molecular weight is 302 g/mol. The molecule has 1 amide bonds. The van der Waals surface area contributed by atoms with Crippen molar-refractivity contribution in [3.8, 4) is 5.69 Å². The Morgan fingerprint density at radius 1 is 1.36 bits per heavy atom. The summed E-state index contributed by atoms with van der Waals surface area (Å²) >= 11 is 0. The molecule has 22 heavy (non-hydrogen) atoms. The van der Waals surface area contributed by atoms with Crippen molar-refractivity contribution in [1.82, 2.24) is 20.3 Å². The van der Waals surface area contributed by atoms with Crippen LogP contribution in [0.5, 0.6) is 0 Å². The van der Waals surface area contributed by atoms with Gasteiger partial charge in [-0.1, -0.05) is 17.3 Å². The Hall–Kier alpha value is -2.70. The highest BCUT2D eigenvalue weighted by Crippen LogP contribution is 2.13. The fraction of sp³-hybridized carbons (Fsp3) is 0.333. The Kier molecular flexibility index (Phi) is 4.55. The van der Waals surface area contributed by atoms with Crippen molar-refractivity contribution < 1.29 is 14.7 Å². The molecular weight excluding hydrogens is 284 g/mol. The summed E-state index contributed by atoms with van der Waals surface area (Å²) in [5, 5.41) is 19.2. The quantitative estimate of drug-likeness (QED) is 0.872. The Balaban J connectivity index is 2.20. The van der Waals surface area contributed by atoms with Crippen molar-refractivity contribution >= 4 is 11.9 Å². The smallest absolute Gasteiger partial charge is 0.305 e. The molecule has 0 aliphatic rings. The molecule has 1 aromatic heterocycles. The normalized spacial score (nSPS) is 12.0. The number of benzene rings is 1. The fourth-order valence-corrected chi connectivity index (χ4v) is 2.15. The van der Waals surface area contributed by atoms with Crippen LogP contribution in [0, 0.1) is 13.8 Å². The summed E-state index contributed by atoms with van der Waals surface area (Å²) in [6.45, 7) is 5.35. The zero-order chi connectivity index (χ0) is 16.3. The molecule has 0 aliphatic carbocycles. The molecule has 2 N–H and O–H groups in total. The first kappa shape index (κ1) is 15.7. The number of carboxylic acids is 1. The lowest BCUT2D eigenvalue weighted by atomic mass is 10.2. The van der Waals surface area contributed by atoms with Crippen LogP contribution in [0.4, 0.5) is 0 Å². The summed E-state index contributed by atoms with van der Waals surface area (Å²) in [5.41, 5.74) is 2.69. The second kappa shape index (κ2) is 6.38. The molecule has 7 nitrogen and oxygen atoms in total. The summed E-state index contributed by atoms with van der Waals surface area (Å²) in [5.74, 6) is -1.39. The lowest BCUT2D eigenvalue weighted by molar-refractivity contribution is -0.137. The third-order valence-corrected chi connectivity index (χ3v) is 3.21.